The van der Waals surface area contributed by atoms with Gasteiger partial charge in [-0.05, 0) is 0 Å². The molecule has 5 heteroatoms. The monoisotopic (exact) mass is 298 g/mol. The number of benzene rings is 1. The van der Waals surface area contributed by atoms with Crippen LogP contribution >= 0.6 is 0 Å². The van der Waals surface area contributed by atoms with Gasteiger partial charge in [0.15, 0.2) is 0 Å². The Morgan fingerprint density at radius 1 is 1.24 bits per heavy atom. The Balaban J connectivity index is 2.11. The standard InChI is InChI=1S/C12H15AsO4/c14-11(15)7-4-8-13-12(16)17-9-10-5-2-1-3-6-10/h1-3,5-6,13H,4,7-9H2,(H,14,15). The molecule has 0 spiro atoms. The van der Waals surface area contributed by atoms with Crippen LogP contribution in [0.1, 0.15) is 18.4 Å². The first-order chi connectivity index (χ1) is 8.18. The molecule has 1 aromatic carbocycles. The molecular formula is C12H15AsO4. The topological polar surface area (TPSA) is 63.6 Å². The van der Waals surface area contributed by atoms with Gasteiger partial charge in [0, 0.05) is 0 Å². The van der Waals surface area contributed by atoms with E-state index in [-0.39, 0.29) is 11.2 Å². The number of ether oxygens (including phenoxy) is 1. The van der Waals surface area contributed by atoms with E-state index in [1.165, 1.54) is 0 Å². The molecule has 1 rings (SSSR count). The van der Waals surface area contributed by atoms with Crippen molar-refractivity contribution in [1.29, 1.82) is 0 Å². The Kier molecular flexibility index (Phi) is 6.41. The zero-order valence-electron chi connectivity index (χ0n) is 9.39. The van der Waals surface area contributed by atoms with Gasteiger partial charge in [-0.2, -0.15) is 0 Å². The van der Waals surface area contributed by atoms with Gasteiger partial charge in [-0.25, -0.2) is 0 Å². The molecule has 0 aromatic heterocycles. The van der Waals surface area contributed by atoms with Crippen LogP contribution in [-0.4, -0.2) is 31.6 Å². The Hall–Kier alpha value is -1.28. The molecule has 17 heavy (non-hydrogen) atoms. The van der Waals surface area contributed by atoms with E-state index < -0.39 is 21.7 Å². The molecule has 4 nitrogen and oxygen atoms in total. The molecule has 1 atom stereocenters. The van der Waals surface area contributed by atoms with Gasteiger partial charge in [-0.3, -0.25) is 0 Å². The molecule has 0 fully saturated rings. The van der Waals surface area contributed by atoms with Gasteiger partial charge in [0.05, 0.1) is 0 Å². The van der Waals surface area contributed by atoms with E-state index in [4.69, 9.17) is 9.84 Å². The van der Waals surface area contributed by atoms with E-state index in [1.807, 2.05) is 30.3 Å². The third-order valence-corrected chi connectivity index (χ3v) is 4.22. The van der Waals surface area contributed by atoms with Gasteiger partial charge in [-0.1, -0.05) is 0 Å². The Bertz CT molecular complexity index is 364. The fraction of sp³-hybridized carbons (Fsp3) is 0.333. The summed E-state index contributed by atoms with van der Waals surface area (Å²) < 4.78 is 4.95. The summed E-state index contributed by atoms with van der Waals surface area (Å²) >= 11 is -0.825. The van der Waals surface area contributed by atoms with Crippen molar-refractivity contribution in [2.45, 2.75) is 24.7 Å². The van der Waals surface area contributed by atoms with Crippen molar-refractivity contribution >= 4 is 26.5 Å². The molecule has 0 aliphatic rings. The first-order valence-electron chi connectivity index (χ1n) is 5.35. The van der Waals surface area contributed by atoms with Crippen molar-refractivity contribution in [2.24, 2.45) is 0 Å². The number of carbonyl (C=O) groups is 2. The number of aliphatic carboxylic acids is 1. The van der Waals surface area contributed by atoms with Gasteiger partial charge in [0.2, 0.25) is 0 Å². The van der Waals surface area contributed by atoms with Crippen molar-refractivity contribution in [3.8, 4) is 0 Å². The molecule has 1 aromatic rings. The van der Waals surface area contributed by atoms with Crippen LogP contribution in [0.2, 0.25) is 5.21 Å². The van der Waals surface area contributed by atoms with Gasteiger partial charge in [0.1, 0.15) is 0 Å². The predicted octanol–water partition coefficient (Wildman–Crippen LogP) is 2.04. The molecule has 0 saturated carbocycles. The average Bonchev–Trinajstić information content (AvgIpc) is 2.33. The molecule has 92 valence electrons. The van der Waals surface area contributed by atoms with Crippen LogP contribution in [-0.2, 0) is 16.1 Å². The second kappa shape index (κ2) is 7.91. The third-order valence-electron chi connectivity index (χ3n) is 2.05. The number of hydrogen-bond acceptors (Lipinski definition) is 3. The minimum atomic E-state index is -0.825. The molecule has 1 unspecified atom stereocenters. The van der Waals surface area contributed by atoms with Gasteiger partial charge in [-0.15, -0.1) is 0 Å². The van der Waals surface area contributed by atoms with Crippen LogP contribution in [0.25, 0.3) is 0 Å². The maximum absolute atomic E-state index is 11.3. The van der Waals surface area contributed by atoms with Crippen molar-refractivity contribution < 1.29 is 19.4 Å². The van der Waals surface area contributed by atoms with E-state index in [2.05, 4.69) is 0 Å². The van der Waals surface area contributed by atoms with E-state index in [0.29, 0.717) is 18.2 Å². The third kappa shape index (κ3) is 6.80. The second-order valence-electron chi connectivity index (χ2n) is 3.49. The molecule has 0 radical (unpaired) electrons. The Morgan fingerprint density at radius 2 is 1.94 bits per heavy atom. The molecule has 0 amide bonds. The summed E-state index contributed by atoms with van der Waals surface area (Å²) in [6, 6.07) is 9.50. The molecular weight excluding hydrogens is 283 g/mol. The van der Waals surface area contributed by atoms with E-state index in [1.54, 1.807) is 0 Å². The SMILES string of the molecule is O=C(O)CCC[AsH]C(=O)OCc1ccccc1. The molecule has 1 N–H and O–H groups in total. The molecule has 0 aliphatic carbocycles. The molecule has 0 saturated heterocycles. The number of hydrogen-bond donors (Lipinski definition) is 1. The van der Waals surface area contributed by atoms with Crippen molar-refractivity contribution in [3.63, 3.8) is 0 Å². The Morgan fingerprint density at radius 3 is 2.59 bits per heavy atom. The fourth-order valence-electron chi connectivity index (χ4n) is 1.20. The summed E-state index contributed by atoms with van der Waals surface area (Å²) in [6.45, 7) is 0.308. The number of rotatable bonds is 7. The van der Waals surface area contributed by atoms with Crippen LogP contribution < -0.4 is 0 Å². The average molecular weight is 298 g/mol. The van der Waals surface area contributed by atoms with Crippen molar-refractivity contribution in [3.05, 3.63) is 35.9 Å². The minimum absolute atomic E-state index is 0.134. The van der Waals surface area contributed by atoms with Crippen LogP contribution in [0.4, 0.5) is 4.79 Å². The molecule has 0 aliphatic heterocycles. The predicted molar refractivity (Wildman–Crippen MR) is 65.5 cm³/mol. The fourth-order valence-corrected chi connectivity index (χ4v) is 2.74. The van der Waals surface area contributed by atoms with Gasteiger partial charge < -0.3 is 0 Å². The zero-order chi connectivity index (χ0) is 12.5. The summed E-state index contributed by atoms with van der Waals surface area (Å²) in [5, 5.41) is 9.11. The number of carboxylic acid groups (broad SMARTS) is 1. The van der Waals surface area contributed by atoms with E-state index in [9.17, 15) is 9.59 Å². The van der Waals surface area contributed by atoms with E-state index in [0.717, 1.165) is 5.56 Å². The maximum atomic E-state index is 11.3. The summed E-state index contributed by atoms with van der Waals surface area (Å²) in [4.78, 5) is 21.6. The molecule has 0 heterocycles. The van der Waals surface area contributed by atoms with Gasteiger partial charge in [0.25, 0.3) is 0 Å². The second-order valence-corrected chi connectivity index (χ2v) is 6.13. The van der Waals surface area contributed by atoms with Crippen molar-refractivity contribution in [1.82, 2.24) is 0 Å². The Labute approximate surface area is 107 Å². The van der Waals surface area contributed by atoms with E-state index >= 15 is 0 Å². The summed E-state index contributed by atoms with van der Waals surface area (Å²) in [5.41, 5.74) is 0.970. The summed E-state index contributed by atoms with van der Waals surface area (Å²) in [6.07, 6.45) is 0.700. The first-order valence-corrected chi connectivity index (χ1v) is 7.88. The van der Waals surface area contributed by atoms with Crippen LogP contribution in [0.15, 0.2) is 30.3 Å². The zero-order valence-corrected chi connectivity index (χ0v) is 11.5. The molecule has 0 bridgehead atoms. The normalized spacial score (nSPS) is 10.6. The quantitative estimate of drug-likeness (QED) is 0.618. The van der Waals surface area contributed by atoms with Crippen LogP contribution in [0, 0.1) is 0 Å². The number of carbonyl (C=O) groups excluding carboxylic acids is 1. The van der Waals surface area contributed by atoms with Crippen LogP contribution in [0.3, 0.4) is 0 Å². The summed E-state index contributed by atoms with van der Waals surface area (Å²) in [5.74, 6) is -0.811. The van der Waals surface area contributed by atoms with Gasteiger partial charge >= 0.3 is 106 Å². The first kappa shape index (κ1) is 13.8. The van der Waals surface area contributed by atoms with Crippen molar-refractivity contribution in [2.75, 3.05) is 0 Å². The number of carboxylic acids is 1. The summed E-state index contributed by atoms with van der Waals surface area (Å²) in [7, 11) is 0. The van der Waals surface area contributed by atoms with Crippen LogP contribution in [0.5, 0.6) is 0 Å².